The molecule has 4 aromatic rings. The summed E-state index contributed by atoms with van der Waals surface area (Å²) in [5.74, 6) is 0.676. The first-order chi connectivity index (χ1) is 18.9. The second kappa shape index (κ2) is 10.8. The minimum Gasteiger partial charge on any atom is -0.495 e. The van der Waals surface area contributed by atoms with Gasteiger partial charge in [-0.3, -0.25) is 14.2 Å². The van der Waals surface area contributed by atoms with Crippen molar-refractivity contribution in [2.24, 2.45) is 0 Å². The van der Waals surface area contributed by atoms with Crippen molar-refractivity contribution in [3.8, 4) is 28.4 Å². The number of pyridine rings is 1. The van der Waals surface area contributed by atoms with Crippen LogP contribution < -0.4 is 25.1 Å². The fourth-order valence-corrected chi connectivity index (χ4v) is 5.82. The highest BCUT2D eigenvalue weighted by Crippen LogP contribution is 2.41. The lowest BCUT2D eigenvalue weighted by Crippen LogP contribution is -2.33. The van der Waals surface area contributed by atoms with E-state index in [-0.39, 0.29) is 11.1 Å². The Morgan fingerprint density at radius 3 is 2.59 bits per heavy atom. The third-order valence-electron chi connectivity index (χ3n) is 6.73. The lowest BCUT2D eigenvalue weighted by Gasteiger charge is -2.22. The number of amides is 1. The number of rotatable bonds is 7. The number of para-hydroxylation sites is 1. The van der Waals surface area contributed by atoms with Gasteiger partial charge in [-0.2, -0.15) is 0 Å². The van der Waals surface area contributed by atoms with Crippen LogP contribution in [0.2, 0.25) is 0 Å². The quantitative estimate of drug-likeness (QED) is 0.317. The third-order valence-corrected chi connectivity index (χ3v) is 7.63. The van der Waals surface area contributed by atoms with Crippen molar-refractivity contribution in [1.29, 1.82) is 0 Å². The van der Waals surface area contributed by atoms with E-state index in [1.54, 1.807) is 23.6 Å². The summed E-state index contributed by atoms with van der Waals surface area (Å²) in [5.41, 5.74) is 2.55. The smallest absolute Gasteiger partial charge is 0.341 e. The van der Waals surface area contributed by atoms with Gasteiger partial charge in [-0.1, -0.05) is 25.1 Å². The number of hydrogen-bond acceptors (Lipinski definition) is 8. The molecule has 0 aliphatic carbocycles. The Labute approximate surface area is 228 Å². The van der Waals surface area contributed by atoms with E-state index < -0.39 is 17.9 Å². The number of benzene rings is 2. The van der Waals surface area contributed by atoms with Crippen molar-refractivity contribution < 1.29 is 28.5 Å². The largest absolute Gasteiger partial charge is 0.495 e. The number of fused-ring (bicyclic) bond motifs is 2. The van der Waals surface area contributed by atoms with E-state index in [9.17, 15) is 14.4 Å². The molecule has 5 rings (SSSR count). The van der Waals surface area contributed by atoms with Gasteiger partial charge in [-0.15, -0.1) is 11.3 Å². The lowest BCUT2D eigenvalue weighted by molar-refractivity contribution is -0.119. The molecule has 0 radical (unpaired) electrons. The minimum absolute atomic E-state index is 0.223. The summed E-state index contributed by atoms with van der Waals surface area (Å²) in [6, 6.07) is 11.6. The zero-order valence-corrected chi connectivity index (χ0v) is 22.8. The zero-order valence-electron chi connectivity index (χ0n) is 22.0. The summed E-state index contributed by atoms with van der Waals surface area (Å²) in [6.07, 6.45) is 0.329. The van der Waals surface area contributed by atoms with Gasteiger partial charge in [0.15, 0.2) is 11.5 Å². The number of aromatic nitrogens is 1. The highest BCUT2D eigenvalue weighted by Gasteiger charge is 2.28. The molecular formula is C29H28N2O7S. The van der Waals surface area contributed by atoms with Crippen molar-refractivity contribution in [3.05, 3.63) is 69.3 Å². The molecule has 10 heteroatoms. The van der Waals surface area contributed by atoms with E-state index in [1.165, 1.54) is 36.2 Å². The molecule has 9 nitrogen and oxygen atoms in total. The maximum absolute atomic E-state index is 13.7. The van der Waals surface area contributed by atoms with Crippen LogP contribution in [0.15, 0.2) is 52.6 Å². The highest BCUT2D eigenvalue weighted by atomic mass is 32.1. The number of carbonyl (C=O) groups excluding carboxylic acids is 2. The van der Waals surface area contributed by atoms with Crippen LogP contribution in [0, 0.1) is 6.92 Å². The molecule has 3 heterocycles. The monoisotopic (exact) mass is 548 g/mol. The molecule has 0 fully saturated rings. The molecule has 1 unspecified atom stereocenters. The first kappa shape index (κ1) is 26.3. The average molecular weight is 549 g/mol. The Balaban J connectivity index is 1.56. The van der Waals surface area contributed by atoms with E-state index in [2.05, 4.69) is 5.32 Å². The predicted molar refractivity (Wildman–Crippen MR) is 150 cm³/mol. The molecule has 1 N–H and O–H groups in total. The molecule has 1 atom stereocenters. The van der Waals surface area contributed by atoms with Gasteiger partial charge in [0.2, 0.25) is 5.91 Å². The maximum Gasteiger partial charge on any atom is 0.341 e. The minimum atomic E-state index is -0.859. The van der Waals surface area contributed by atoms with Crippen LogP contribution in [-0.4, -0.2) is 43.9 Å². The van der Waals surface area contributed by atoms with Crippen LogP contribution in [-0.2, 0) is 9.53 Å². The Bertz CT molecular complexity index is 1640. The molecule has 0 bridgehead atoms. The van der Waals surface area contributed by atoms with Crippen molar-refractivity contribution in [2.75, 3.05) is 32.8 Å². The van der Waals surface area contributed by atoms with Crippen LogP contribution in [0.5, 0.6) is 17.2 Å². The molecular weight excluding hydrogens is 520 g/mol. The maximum atomic E-state index is 13.7. The number of hydrogen-bond donors (Lipinski definition) is 1. The second-order valence-electron chi connectivity index (χ2n) is 9.01. The number of aryl methyl sites for hydroxylation is 1. The van der Waals surface area contributed by atoms with Gasteiger partial charge in [-0.25, -0.2) is 4.79 Å². The zero-order chi connectivity index (χ0) is 27.7. The number of methoxy groups -OCH3 is 2. The molecule has 0 saturated heterocycles. The summed E-state index contributed by atoms with van der Waals surface area (Å²) in [5, 5.41) is 5.81. The average Bonchev–Trinajstić information content (AvgIpc) is 3.37. The van der Waals surface area contributed by atoms with E-state index in [0.29, 0.717) is 58.5 Å². The van der Waals surface area contributed by atoms with E-state index in [0.717, 1.165) is 10.9 Å². The molecule has 1 aliphatic rings. The number of nitrogens with one attached hydrogen (secondary N) is 1. The number of anilines is 1. The fraction of sp³-hybridized carbons (Fsp3) is 0.276. The van der Waals surface area contributed by atoms with Crippen molar-refractivity contribution in [3.63, 3.8) is 0 Å². The van der Waals surface area contributed by atoms with E-state index in [1.807, 2.05) is 32.0 Å². The van der Waals surface area contributed by atoms with Gasteiger partial charge in [-0.05, 0) is 42.7 Å². The summed E-state index contributed by atoms with van der Waals surface area (Å²) < 4.78 is 23.4. The highest BCUT2D eigenvalue weighted by molar-refractivity contribution is 7.15. The Morgan fingerprint density at radius 1 is 1.10 bits per heavy atom. The van der Waals surface area contributed by atoms with Gasteiger partial charge >= 0.3 is 5.97 Å². The molecule has 2 aromatic heterocycles. The van der Waals surface area contributed by atoms with Gasteiger partial charge in [0.1, 0.15) is 35.6 Å². The van der Waals surface area contributed by atoms with Gasteiger partial charge in [0.25, 0.3) is 5.56 Å². The summed E-state index contributed by atoms with van der Waals surface area (Å²) in [7, 11) is 2.82. The van der Waals surface area contributed by atoms with Gasteiger partial charge in [0, 0.05) is 22.4 Å². The van der Waals surface area contributed by atoms with Gasteiger partial charge in [0.05, 0.1) is 19.7 Å². The Morgan fingerprint density at radius 2 is 1.87 bits per heavy atom. The SMILES string of the molecule is CCC(C(=O)Nc1scc(-c2ccc3c(c2)OCCO3)c1C(=O)OC)n1c(=O)cc(C)c2cccc(OC)c21. The molecule has 0 saturated carbocycles. The van der Waals surface area contributed by atoms with Crippen LogP contribution >= 0.6 is 11.3 Å². The topological polar surface area (TPSA) is 105 Å². The standard InChI is InChI=1S/C29H28N2O7S/c1-5-20(31-24(32)13-16(2)18-7-6-8-22(35-3)26(18)31)27(33)30-28-25(29(34)36-4)19(15-39-28)17-9-10-21-23(14-17)38-12-11-37-21/h6-10,13-15,20H,5,11-12H2,1-4H3,(H,30,33). The number of esters is 1. The number of thiophene rings is 1. The summed E-state index contributed by atoms with van der Waals surface area (Å²) >= 11 is 1.20. The molecule has 0 spiro atoms. The fourth-order valence-electron chi connectivity index (χ4n) is 4.86. The number of nitrogens with zero attached hydrogens (tertiary/aromatic N) is 1. The molecule has 39 heavy (non-hydrogen) atoms. The predicted octanol–water partition coefficient (Wildman–Crippen LogP) is 5.19. The van der Waals surface area contributed by atoms with Crippen LogP contribution in [0.3, 0.4) is 0 Å². The van der Waals surface area contributed by atoms with Crippen LogP contribution in [0.1, 0.15) is 35.3 Å². The first-order valence-corrected chi connectivity index (χ1v) is 13.3. The lowest BCUT2D eigenvalue weighted by atomic mass is 10.0. The molecule has 1 aliphatic heterocycles. The van der Waals surface area contributed by atoms with Crippen molar-refractivity contribution in [1.82, 2.24) is 4.57 Å². The third kappa shape index (κ3) is 4.72. The van der Waals surface area contributed by atoms with Crippen molar-refractivity contribution in [2.45, 2.75) is 26.3 Å². The van der Waals surface area contributed by atoms with Gasteiger partial charge < -0.3 is 24.3 Å². The van der Waals surface area contributed by atoms with Crippen LogP contribution in [0.25, 0.3) is 22.0 Å². The number of ether oxygens (including phenoxy) is 4. The number of carbonyl (C=O) groups is 2. The Kier molecular flexibility index (Phi) is 7.30. The summed E-state index contributed by atoms with van der Waals surface area (Å²) in [6.45, 7) is 4.58. The van der Waals surface area contributed by atoms with Crippen LogP contribution in [0.4, 0.5) is 5.00 Å². The molecule has 1 amide bonds. The van der Waals surface area contributed by atoms with E-state index >= 15 is 0 Å². The second-order valence-corrected chi connectivity index (χ2v) is 9.89. The normalized spacial score (nSPS) is 13.1. The molecule has 202 valence electrons. The Hall–Kier alpha value is -4.31. The molecule has 2 aromatic carbocycles. The first-order valence-electron chi connectivity index (χ1n) is 12.5. The van der Waals surface area contributed by atoms with E-state index in [4.69, 9.17) is 18.9 Å². The summed E-state index contributed by atoms with van der Waals surface area (Å²) in [4.78, 5) is 39.9. The van der Waals surface area contributed by atoms with Crippen molar-refractivity contribution >= 4 is 39.1 Å².